The molecule has 0 saturated heterocycles. The van der Waals surface area contributed by atoms with Gasteiger partial charge in [-0.15, -0.1) is 0 Å². The SMILES string of the molecule is CC(CCc1ccc(O)cc1)=NNC(=O)c1ccccc1. The number of phenols is 1. The number of rotatable bonds is 5. The monoisotopic (exact) mass is 282 g/mol. The number of phenolic OH excluding ortho intramolecular Hbond substituents is 1. The number of hydrogen-bond donors (Lipinski definition) is 2. The fourth-order valence-corrected chi connectivity index (χ4v) is 1.84. The minimum Gasteiger partial charge on any atom is -0.508 e. The van der Waals surface area contributed by atoms with E-state index in [4.69, 9.17) is 0 Å². The van der Waals surface area contributed by atoms with E-state index in [-0.39, 0.29) is 11.7 Å². The fourth-order valence-electron chi connectivity index (χ4n) is 1.84. The van der Waals surface area contributed by atoms with E-state index in [0.29, 0.717) is 5.56 Å². The molecule has 4 nitrogen and oxygen atoms in total. The predicted molar refractivity (Wildman–Crippen MR) is 83.4 cm³/mol. The van der Waals surface area contributed by atoms with Crippen LogP contribution in [0.3, 0.4) is 0 Å². The van der Waals surface area contributed by atoms with Crippen LogP contribution < -0.4 is 5.43 Å². The van der Waals surface area contributed by atoms with Gasteiger partial charge in [-0.2, -0.15) is 5.10 Å². The largest absolute Gasteiger partial charge is 0.508 e. The molecule has 21 heavy (non-hydrogen) atoms. The first-order chi connectivity index (χ1) is 10.1. The molecule has 0 bridgehead atoms. The maximum absolute atomic E-state index is 11.8. The van der Waals surface area contributed by atoms with Crippen molar-refractivity contribution in [2.45, 2.75) is 19.8 Å². The molecule has 0 saturated carbocycles. The lowest BCUT2D eigenvalue weighted by Crippen LogP contribution is -2.19. The van der Waals surface area contributed by atoms with Gasteiger partial charge in [0.1, 0.15) is 5.75 Å². The minimum absolute atomic E-state index is 0.209. The van der Waals surface area contributed by atoms with E-state index in [1.165, 1.54) is 0 Å². The maximum Gasteiger partial charge on any atom is 0.271 e. The quantitative estimate of drug-likeness (QED) is 0.653. The Bertz CT molecular complexity index is 619. The molecule has 2 aromatic rings. The number of nitrogens with zero attached hydrogens (tertiary/aromatic N) is 1. The van der Waals surface area contributed by atoms with Crippen molar-refractivity contribution < 1.29 is 9.90 Å². The maximum atomic E-state index is 11.8. The third kappa shape index (κ3) is 4.76. The number of hydrogen-bond acceptors (Lipinski definition) is 3. The molecule has 0 radical (unpaired) electrons. The summed E-state index contributed by atoms with van der Waals surface area (Å²) in [7, 11) is 0. The summed E-state index contributed by atoms with van der Waals surface area (Å²) in [6.07, 6.45) is 1.57. The number of carbonyl (C=O) groups is 1. The summed E-state index contributed by atoms with van der Waals surface area (Å²) in [5, 5.41) is 13.3. The van der Waals surface area contributed by atoms with Crippen molar-refractivity contribution >= 4 is 11.6 Å². The van der Waals surface area contributed by atoms with Gasteiger partial charge >= 0.3 is 0 Å². The Morgan fingerprint density at radius 3 is 2.43 bits per heavy atom. The Hall–Kier alpha value is -2.62. The van der Waals surface area contributed by atoms with Gasteiger partial charge in [0, 0.05) is 11.3 Å². The van der Waals surface area contributed by atoms with E-state index in [1.807, 2.05) is 37.3 Å². The Balaban J connectivity index is 1.84. The Labute approximate surface area is 124 Å². The molecule has 0 spiro atoms. The zero-order valence-corrected chi connectivity index (χ0v) is 11.9. The molecule has 0 heterocycles. The van der Waals surface area contributed by atoms with Crippen molar-refractivity contribution in [1.29, 1.82) is 0 Å². The molecule has 0 aliphatic rings. The summed E-state index contributed by atoms with van der Waals surface area (Å²) in [4.78, 5) is 11.8. The highest BCUT2D eigenvalue weighted by Crippen LogP contribution is 2.11. The van der Waals surface area contributed by atoms with Crippen molar-refractivity contribution in [3.8, 4) is 5.75 Å². The lowest BCUT2D eigenvalue weighted by Gasteiger charge is -2.03. The number of nitrogens with one attached hydrogen (secondary N) is 1. The summed E-state index contributed by atoms with van der Waals surface area (Å²) in [5.41, 5.74) is 5.12. The normalized spacial score (nSPS) is 11.2. The zero-order chi connectivity index (χ0) is 15.1. The molecule has 0 atom stereocenters. The van der Waals surface area contributed by atoms with Crippen LogP contribution in [0.15, 0.2) is 59.7 Å². The highest BCUT2D eigenvalue weighted by atomic mass is 16.3. The molecule has 2 aromatic carbocycles. The highest BCUT2D eigenvalue weighted by molar-refractivity contribution is 5.95. The van der Waals surface area contributed by atoms with Gasteiger partial charge in [-0.25, -0.2) is 5.43 Å². The van der Waals surface area contributed by atoms with Gasteiger partial charge in [-0.1, -0.05) is 30.3 Å². The number of hydrazone groups is 1. The van der Waals surface area contributed by atoms with Crippen molar-refractivity contribution in [3.05, 3.63) is 65.7 Å². The molecule has 2 rings (SSSR count). The van der Waals surface area contributed by atoms with Gasteiger partial charge in [0.2, 0.25) is 0 Å². The smallest absolute Gasteiger partial charge is 0.271 e. The highest BCUT2D eigenvalue weighted by Gasteiger charge is 2.03. The summed E-state index contributed by atoms with van der Waals surface area (Å²) < 4.78 is 0. The molecule has 0 aliphatic carbocycles. The summed E-state index contributed by atoms with van der Waals surface area (Å²) in [5.74, 6) is 0.0545. The van der Waals surface area contributed by atoms with Crippen molar-refractivity contribution in [3.63, 3.8) is 0 Å². The molecule has 0 aliphatic heterocycles. The van der Waals surface area contributed by atoms with E-state index in [1.54, 1.807) is 24.3 Å². The molecule has 0 aromatic heterocycles. The number of benzene rings is 2. The van der Waals surface area contributed by atoms with Gasteiger partial charge in [0.25, 0.3) is 5.91 Å². The van der Waals surface area contributed by atoms with Gasteiger partial charge in [0.15, 0.2) is 0 Å². The summed E-state index contributed by atoms with van der Waals surface area (Å²) in [6.45, 7) is 1.88. The topological polar surface area (TPSA) is 61.7 Å². The second-order valence-electron chi connectivity index (χ2n) is 4.82. The van der Waals surface area contributed by atoms with E-state index in [0.717, 1.165) is 24.1 Å². The zero-order valence-electron chi connectivity index (χ0n) is 11.9. The van der Waals surface area contributed by atoms with Crippen LogP contribution >= 0.6 is 0 Å². The molecular weight excluding hydrogens is 264 g/mol. The standard InChI is InChI=1S/C17H18N2O2/c1-13(7-8-14-9-11-16(20)12-10-14)18-19-17(21)15-5-3-2-4-6-15/h2-6,9-12,20H,7-8H2,1H3,(H,19,21). The minimum atomic E-state index is -0.209. The van der Waals surface area contributed by atoms with Crippen LogP contribution in [0.5, 0.6) is 5.75 Å². The van der Waals surface area contributed by atoms with E-state index in [2.05, 4.69) is 10.5 Å². The second-order valence-corrected chi connectivity index (χ2v) is 4.82. The fraction of sp³-hybridized carbons (Fsp3) is 0.176. The average molecular weight is 282 g/mol. The van der Waals surface area contributed by atoms with Crippen LogP contribution in [0.25, 0.3) is 0 Å². The van der Waals surface area contributed by atoms with E-state index < -0.39 is 0 Å². The van der Waals surface area contributed by atoms with Crippen LogP contribution in [0.4, 0.5) is 0 Å². The molecule has 4 heteroatoms. The number of amides is 1. The van der Waals surface area contributed by atoms with Crippen LogP contribution in [-0.2, 0) is 6.42 Å². The van der Waals surface area contributed by atoms with Crippen LogP contribution in [0.2, 0.25) is 0 Å². The third-order valence-corrected chi connectivity index (χ3v) is 3.10. The van der Waals surface area contributed by atoms with Crippen molar-refractivity contribution in [1.82, 2.24) is 5.43 Å². The Morgan fingerprint density at radius 1 is 1.10 bits per heavy atom. The summed E-state index contributed by atoms with van der Waals surface area (Å²) in [6, 6.07) is 16.1. The predicted octanol–water partition coefficient (Wildman–Crippen LogP) is 3.13. The Kier molecular flexibility index (Phi) is 5.10. The van der Waals surface area contributed by atoms with Gasteiger partial charge in [-0.05, 0) is 49.6 Å². The van der Waals surface area contributed by atoms with E-state index in [9.17, 15) is 9.90 Å². The van der Waals surface area contributed by atoms with Crippen LogP contribution in [0, 0.1) is 0 Å². The molecule has 0 unspecified atom stereocenters. The van der Waals surface area contributed by atoms with Crippen LogP contribution in [0.1, 0.15) is 29.3 Å². The number of aromatic hydroxyl groups is 1. The first kappa shape index (κ1) is 14.8. The molecule has 2 N–H and O–H groups in total. The second kappa shape index (κ2) is 7.24. The lowest BCUT2D eigenvalue weighted by molar-refractivity contribution is 0.0954. The van der Waals surface area contributed by atoms with E-state index >= 15 is 0 Å². The number of carbonyl (C=O) groups excluding carboxylic acids is 1. The van der Waals surface area contributed by atoms with Crippen molar-refractivity contribution in [2.24, 2.45) is 5.10 Å². The average Bonchev–Trinajstić information content (AvgIpc) is 2.53. The van der Waals surface area contributed by atoms with Crippen molar-refractivity contribution in [2.75, 3.05) is 0 Å². The number of aryl methyl sites for hydroxylation is 1. The Morgan fingerprint density at radius 2 is 1.76 bits per heavy atom. The van der Waals surface area contributed by atoms with Gasteiger partial charge in [0.05, 0.1) is 0 Å². The van der Waals surface area contributed by atoms with Gasteiger partial charge in [-0.3, -0.25) is 4.79 Å². The summed E-state index contributed by atoms with van der Waals surface area (Å²) >= 11 is 0. The molecular formula is C17H18N2O2. The van der Waals surface area contributed by atoms with Gasteiger partial charge < -0.3 is 5.11 Å². The molecule has 0 fully saturated rings. The molecule has 108 valence electrons. The first-order valence-electron chi connectivity index (χ1n) is 6.81. The first-order valence-corrected chi connectivity index (χ1v) is 6.81. The lowest BCUT2D eigenvalue weighted by atomic mass is 10.1. The third-order valence-electron chi connectivity index (χ3n) is 3.10. The van der Waals surface area contributed by atoms with Crippen LogP contribution in [-0.4, -0.2) is 16.7 Å². The molecule has 1 amide bonds.